The van der Waals surface area contributed by atoms with E-state index in [4.69, 9.17) is 4.18 Å². The molecule has 0 bridgehead atoms. The van der Waals surface area contributed by atoms with Crippen molar-refractivity contribution in [3.63, 3.8) is 0 Å². The van der Waals surface area contributed by atoms with E-state index in [0.29, 0.717) is 16.8 Å². The monoisotopic (exact) mass is 438 g/mol. The van der Waals surface area contributed by atoms with Crippen LogP contribution >= 0.6 is 0 Å². The summed E-state index contributed by atoms with van der Waals surface area (Å²) >= 11 is 0. The Bertz CT molecular complexity index is 1240. The van der Waals surface area contributed by atoms with Gasteiger partial charge in [-0.1, -0.05) is 24.3 Å². The minimum absolute atomic E-state index is 0.0863. The van der Waals surface area contributed by atoms with Gasteiger partial charge in [0.1, 0.15) is 10.6 Å². The summed E-state index contributed by atoms with van der Waals surface area (Å²) in [6, 6.07) is 17.4. The van der Waals surface area contributed by atoms with Crippen LogP contribution in [0.5, 0.6) is 5.75 Å². The Hall–Kier alpha value is -3.65. The average Bonchev–Trinajstić information content (AvgIpc) is 2.75. The summed E-state index contributed by atoms with van der Waals surface area (Å²) in [6.45, 7) is 3.49. The predicted molar refractivity (Wildman–Crippen MR) is 118 cm³/mol. The summed E-state index contributed by atoms with van der Waals surface area (Å²) < 4.78 is 30.5. The second kappa shape index (κ2) is 9.01. The van der Waals surface area contributed by atoms with Gasteiger partial charge in [0, 0.05) is 12.6 Å². The molecule has 0 heterocycles. The molecule has 2 amide bonds. The number of nitrogens with one attached hydrogen (secondary N) is 2. The first-order chi connectivity index (χ1) is 14.7. The van der Waals surface area contributed by atoms with Crippen LogP contribution in [-0.4, -0.2) is 27.3 Å². The van der Waals surface area contributed by atoms with E-state index >= 15 is 0 Å². The van der Waals surface area contributed by atoms with E-state index in [1.165, 1.54) is 31.3 Å². The molecule has 0 radical (unpaired) electrons. The third-order valence-corrected chi connectivity index (χ3v) is 5.97. The first-order valence-corrected chi connectivity index (χ1v) is 10.9. The smallest absolute Gasteiger partial charge is 0.339 e. The molecule has 0 aliphatic carbocycles. The molecule has 3 aromatic rings. The maximum atomic E-state index is 12.6. The molecule has 0 spiro atoms. The van der Waals surface area contributed by atoms with E-state index in [1.807, 2.05) is 6.07 Å². The van der Waals surface area contributed by atoms with E-state index in [-0.39, 0.29) is 22.1 Å². The Labute approximate surface area is 181 Å². The van der Waals surface area contributed by atoms with Gasteiger partial charge in [0.25, 0.3) is 11.8 Å². The van der Waals surface area contributed by atoms with Crippen LogP contribution in [0.4, 0.5) is 5.69 Å². The number of anilines is 1. The Kier molecular flexibility index (Phi) is 6.41. The quantitative estimate of drug-likeness (QED) is 0.572. The second-order valence-corrected chi connectivity index (χ2v) is 8.42. The van der Waals surface area contributed by atoms with Gasteiger partial charge in [-0.05, 0) is 67.4 Å². The number of para-hydroxylation sites is 1. The summed E-state index contributed by atoms with van der Waals surface area (Å²) in [5.41, 5.74) is 2.36. The van der Waals surface area contributed by atoms with Crippen molar-refractivity contribution < 1.29 is 22.2 Å². The van der Waals surface area contributed by atoms with Crippen molar-refractivity contribution >= 4 is 27.6 Å². The highest BCUT2D eigenvalue weighted by molar-refractivity contribution is 7.87. The fourth-order valence-corrected chi connectivity index (χ4v) is 4.18. The van der Waals surface area contributed by atoms with Crippen LogP contribution in [0.25, 0.3) is 0 Å². The lowest BCUT2D eigenvalue weighted by molar-refractivity contribution is 0.0964. The first kappa shape index (κ1) is 22.0. The van der Waals surface area contributed by atoms with E-state index in [0.717, 1.165) is 5.56 Å². The van der Waals surface area contributed by atoms with Gasteiger partial charge in [-0.25, -0.2) is 0 Å². The predicted octanol–water partition coefficient (Wildman–Crippen LogP) is 3.68. The van der Waals surface area contributed by atoms with E-state index in [9.17, 15) is 18.0 Å². The molecule has 0 unspecified atom stereocenters. The molecule has 3 aromatic carbocycles. The molecular weight excluding hydrogens is 416 g/mol. The highest BCUT2D eigenvalue weighted by Crippen LogP contribution is 2.23. The fraction of sp³-hybridized carbons (Fsp3) is 0.130. The van der Waals surface area contributed by atoms with Gasteiger partial charge in [-0.2, -0.15) is 8.42 Å². The van der Waals surface area contributed by atoms with Gasteiger partial charge in [0.2, 0.25) is 0 Å². The topological polar surface area (TPSA) is 102 Å². The zero-order valence-electron chi connectivity index (χ0n) is 17.3. The zero-order chi connectivity index (χ0) is 22.6. The Balaban J connectivity index is 1.77. The first-order valence-electron chi connectivity index (χ1n) is 9.45. The maximum absolute atomic E-state index is 12.6. The third kappa shape index (κ3) is 5.10. The Morgan fingerprint density at radius 2 is 1.55 bits per heavy atom. The largest absolute Gasteiger partial charge is 0.379 e. The number of amides is 2. The van der Waals surface area contributed by atoms with Gasteiger partial charge in [0.15, 0.2) is 0 Å². The summed E-state index contributed by atoms with van der Waals surface area (Å²) in [5.74, 6) is -0.681. The maximum Gasteiger partial charge on any atom is 0.339 e. The number of benzene rings is 3. The summed E-state index contributed by atoms with van der Waals surface area (Å²) in [7, 11) is -2.51. The van der Waals surface area contributed by atoms with Gasteiger partial charge in [0.05, 0.1) is 11.3 Å². The Morgan fingerprint density at radius 1 is 0.871 bits per heavy atom. The minimum Gasteiger partial charge on any atom is -0.379 e. The SMILES string of the molecule is CNC(=O)c1ccccc1NC(=O)c1ccc(OS(=O)(=O)c2cc(C)ccc2C)cc1. The molecule has 160 valence electrons. The lowest BCUT2D eigenvalue weighted by Crippen LogP contribution is -2.21. The summed E-state index contributed by atoms with van der Waals surface area (Å²) in [6.07, 6.45) is 0. The second-order valence-electron chi connectivity index (χ2n) is 6.91. The highest BCUT2D eigenvalue weighted by atomic mass is 32.2. The molecule has 0 aliphatic rings. The van der Waals surface area contributed by atoms with Crippen molar-refractivity contribution in [1.82, 2.24) is 5.32 Å². The lowest BCUT2D eigenvalue weighted by atomic mass is 10.1. The summed E-state index contributed by atoms with van der Waals surface area (Å²) in [5, 5.41) is 5.21. The number of rotatable bonds is 6. The zero-order valence-corrected chi connectivity index (χ0v) is 18.1. The summed E-state index contributed by atoms with van der Waals surface area (Å²) in [4.78, 5) is 24.6. The molecule has 31 heavy (non-hydrogen) atoms. The molecule has 0 aliphatic heterocycles. The lowest BCUT2D eigenvalue weighted by Gasteiger charge is -2.12. The van der Waals surface area contributed by atoms with Gasteiger partial charge in [-0.15, -0.1) is 0 Å². The highest BCUT2D eigenvalue weighted by Gasteiger charge is 2.20. The van der Waals surface area contributed by atoms with Crippen molar-refractivity contribution in [2.24, 2.45) is 0 Å². The molecule has 7 nitrogen and oxygen atoms in total. The van der Waals surface area contributed by atoms with E-state index < -0.39 is 16.0 Å². The molecular formula is C23H22N2O5S. The molecule has 0 saturated carbocycles. The van der Waals surface area contributed by atoms with Crippen LogP contribution in [0.1, 0.15) is 31.8 Å². The van der Waals surface area contributed by atoms with Crippen LogP contribution in [0.15, 0.2) is 71.6 Å². The molecule has 0 fully saturated rings. The van der Waals surface area contributed by atoms with Crippen molar-refractivity contribution in [1.29, 1.82) is 0 Å². The van der Waals surface area contributed by atoms with Crippen molar-refractivity contribution in [2.45, 2.75) is 18.7 Å². The van der Waals surface area contributed by atoms with Crippen molar-refractivity contribution in [3.8, 4) is 5.75 Å². The fourth-order valence-electron chi connectivity index (χ4n) is 2.93. The number of aryl methyl sites for hydroxylation is 2. The number of carbonyl (C=O) groups excluding carboxylic acids is 2. The van der Waals surface area contributed by atoms with Crippen LogP contribution in [0, 0.1) is 13.8 Å². The number of hydrogen-bond donors (Lipinski definition) is 2. The van der Waals surface area contributed by atoms with Gasteiger partial charge in [-0.3, -0.25) is 9.59 Å². The molecule has 2 N–H and O–H groups in total. The average molecular weight is 439 g/mol. The minimum atomic E-state index is -4.01. The van der Waals surface area contributed by atoms with Crippen LogP contribution < -0.4 is 14.8 Å². The molecule has 3 rings (SSSR count). The molecule has 0 aromatic heterocycles. The Morgan fingerprint density at radius 3 is 2.23 bits per heavy atom. The van der Waals surface area contributed by atoms with Crippen molar-refractivity contribution in [2.75, 3.05) is 12.4 Å². The van der Waals surface area contributed by atoms with E-state index in [2.05, 4.69) is 10.6 Å². The van der Waals surface area contributed by atoms with Crippen LogP contribution in [0.3, 0.4) is 0 Å². The van der Waals surface area contributed by atoms with Gasteiger partial charge >= 0.3 is 10.1 Å². The normalized spacial score (nSPS) is 10.9. The number of carbonyl (C=O) groups is 2. The van der Waals surface area contributed by atoms with Crippen molar-refractivity contribution in [3.05, 3.63) is 89.0 Å². The third-order valence-electron chi connectivity index (χ3n) is 4.58. The number of hydrogen-bond acceptors (Lipinski definition) is 5. The van der Waals surface area contributed by atoms with E-state index in [1.54, 1.807) is 50.2 Å². The molecule has 0 saturated heterocycles. The molecule has 8 heteroatoms. The van der Waals surface area contributed by atoms with Crippen LogP contribution in [0.2, 0.25) is 0 Å². The van der Waals surface area contributed by atoms with Crippen LogP contribution in [-0.2, 0) is 10.1 Å². The van der Waals surface area contributed by atoms with Gasteiger partial charge < -0.3 is 14.8 Å². The molecule has 0 atom stereocenters. The standard InChI is InChI=1S/C23H22N2O5S/c1-15-8-9-16(2)21(14-15)31(28,29)30-18-12-10-17(11-13-18)22(26)25-20-7-5-4-6-19(20)23(27)24-3/h4-14H,1-3H3,(H,24,27)(H,25,26).